The molecule has 1 aliphatic rings. The van der Waals surface area contributed by atoms with E-state index in [2.05, 4.69) is 33.9 Å². The number of rotatable bonds is 9. The SMILES string of the molecule is CCOC(=O)/C=C/[C@@H](OC)[C@H](O)[C@H]1OC(C)(C)O[C@@H]1CO[Si](C)(C)C(C)(C)C. The third-order valence-corrected chi connectivity index (χ3v) is 9.79. The maximum Gasteiger partial charge on any atom is 0.330 e. The van der Waals surface area contributed by atoms with Crippen molar-refractivity contribution in [2.45, 2.75) is 89.9 Å². The van der Waals surface area contributed by atoms with Gasteiger partial charge < -0.3 is 28.5 Å². The summed E-state index contributed by atoms with van der Waals surface area (Å²) in [6, 6.07) is 0. The van der Waals surface area contributed by atoms with Gasteiger partial charge in [-0.2, -0.15) is 0 Å². The van der Waals surface area contributed by atoms with Crippen molar-refractivity contribution in [3.8, 4) is 0 Å². The van der Waals surface area contributed by atoms with Gasteiger partial charge in [0.05, 0.1) is 13.2 Å². The third kappa shape index (κ3) is 6.93. The van der Waals surface area contributed by atoms with Crippen LogP contribution in [-0.4, -0.2) is 69.9 Å². The Bertz CT molecular complexity index is 539. The number of aliphatic hydroxyl groups excluding tert-OH is 1. The molecule has 0 saturated carbocycles. The molecule has 0 spiro atoms. The Hall–Kier alpha value is -0.773. The van der Waals surface area contributed by atoms with Crippen LogP contribution in [0.25, 0.3) is 0 Å². The van der Waals surface area contributed by atoms with Crippen LogP contribution >= 0.6 is 0 Å². The minimum absolute atomic E-state index is 0.0630. The van der Waals surface area contributed by atoms with Crippen LogP contribution in [0.4, 0.5) is 0 Å². The summed E-state index contributed by atoms with van der Waals surface area (Å²) in [7, 11) is -0.518. The van der Waals surface area contributed by atoms with Crippen molar-refractivity contribution in [2.75, 3.05) is 20.3 Å². The molecule has 1 fully saturated rings. The van der Waals surface area contributed by atoms with Gasteiger partial charge in [-0.15, -0.1) is 0 Å². The topological polar surface area (TPSA) is 83.5 Å². The zero-order valence-electron chi connectivity index (χ0n) is 18.8. The summed E-state index contributed by atoms with van der Waals surface area (Å²) in [4.78, 5) is 11.6. The van der Waals surface area contributed by atoms with E-state index in [1.165, 1.54) is 19.3 Å². The van der Waals surface area contributed by atoms with Gasteiger partial charge in [0, 0.05) is 13.2 Å². The minimum Gasteiger partial charge on any atom is -0.463 e. The van der Waals surface area contributed by atoms with E-state index >= 15 is 0 Å². The lowest BCUT2D eigenvalue weighted by Crippen LogP contribution is -2.48. The summed E-state index contributed by atoms with van der Waals surface area (Å²) >= 11 is 0. The molecule has 1 aliphatic heterocycles. The number of ether oxygens (including phenoxy) is 4. The van der Waals surface area contributed by atoms with Gasteiger partial charge in [0.2, 0.25) is 0 Å². The predicted octanol–water partition coefficient (Wildman–Crippen LogP) is 3.02. The Labute approximate surface area is 170 Å². The van der Waals surface area contributed by atoms with Crippen LogP contribution in [0.3, 0.4) is 0 Å². The Morgan fingerprint density at radius 3 is 2.39 bits per heavy atom. The summed E-state index contributed by atoms with van der Waals surface area (Å²) in [5, 5.41) is 10.9. The molecule has 1 saturated heterocycles. The van der Waals surface area contributed by atoms with Crippen molar-refractivity contribution in [3.63, 3.8) is 0 Å². The zero-order valence-corrected chi connectivity index (χ0v) is 19.8. The van der Waals surface area contributed by atoms with Crippen molar-refractivity contribution in [1.29, 1.82) is 0 Å². The molecule has 0 radical (unpaired) electrons. The fraction of sp³-hybridized carbons (Fsp3) is 0.850. The van der Waals surface area contributed by atoms with Crippen molar-refractivity contribution >= 4 is 14.3 Å². The van der Waals surface area contributed by atoms with Crippen LogP contribution < -0.4 is 0 Å². The molecular formula is C20H38O7Si. The number of hydrogen-bond acceptors (Lipinski definition) is 7. The van der Waals surface area contributed by atoms with Crippen molar-refractivity contribution < 1.29 is 33.3 Å². The van der Waals surface area contributed by atoms with Crippen LogP contribution in [0.15, 0.2) is 12.2 Å². The molecule has 1 rings (SSSR count). The molecule has 0 aliphatic carbocycles. The molecule has 0 aromatic heterocycles. The van der Waals surface area contributed by atoms with Gasteiger partial charge in [0.1, 0.15) is 24.4 Å². The van der Waals surface area contributed by atoms with Gasteiger partial charge in [0.25, 0.3) is 0 Å². The highest BCUT2D eigenvalue weighted by molar-refractivity contribution is 6.74. The third-order valence-electron chi connectivity index (χ3n) is 5.29. The van der Waals surface area contributed by atoms with E-state index in [1.54, 1.807) is 20.8 Å². The maximum absolute atomic E-state index is 11.6. The summed E-state index contributed by atoms with van der Waals surface area (Å²) < 4.78 is 28.4. The first-order chi connectivity index (χ1) is 12.7. The van der Waals surface area contributed by atoms with E-state index in [9.17, 15) is 9.90 Å². The molecule has 0 amide bonds. The van der Waals surface area contributed by atoms with Gasteiger partial charge in [-0.05, 0) is 45.0 Å². The quantitative estimate of drug-likeness (QED) is 0.350. The number of carbonyl (C=O) groups is 1. The summed E-state index contributed by atoms with van der Waals surface area (Å²) in [6.07, 6.45) is -0.163. The first-order valence-electron chi connectivity index (χ1n) is 9.79. The average molecular weight is 419 g/mol. The van der Waals surface area contributed by atoms with E-state index in [0.717, 1.165) is 0 Å². The Morgan fingerprint density at radius 1 is 1.29 bits per heavy atom. The normalized spacial score (nSPS) is 25.1. The number of esters is 1. The van der Waals surface area contributed by atoms with E-state index in [4.69, 9.17) is 23.4 Å². The molecule has 164 valence electrons. The van der Waals surface area contributed by atoms with Crippen molar-refractivity contribution in [1.82, 2.24) is 0 Å². The predicted molar refractivity (Wildman–Crippen MR) is 110 cm³/mol. The molecule has 4 atom stereocenters. The van der Waals surface area contributed by atoms with Crippen LogP contribution in [0.2, 0.25) is 18.1 Å². The summed E-state index contributed by atoms with van der Waals surface area (Å²) in [5.74, 6) is -1.34. The lowest BCUT2D eigenvalue weighted by atomic mass is 10.0. The highest BCUT2D eigenvalue weighted by Gasteiger charge is 2.48. The van der Waals surface area contributed by atoms with Crippen LogP contribution in [0.1, 0.15) is 41.5 Å². The van der Waals surface area contributed by atoms with Crippen LogP contribution in [0, 0.1) is 0 Å². The van der Waals surface area contributed by atoms with Crippen molar-refractivity contribution in [3.05, 3.63) is 12.2 Å². The minimum atomic E-state index is -1.98. The molecular weight excluding hydrogens is 380 g/mol. The Balaban J connectivity index is 2.89. The summed E-state index contributed by atoms with van der Waals surface area (Å²) in [6.45, 7) is 16.8. The highest BCUT2D eigenvalue weighted by atomic mass is 28.4. The number of aliphatic hydroxyl groups is 1. The molecule has 28 heavy (non-hydrogen) atoms. The van der Waals surface area contributed by atoms with Gasteiger partial charge in [-0.1, -0.05) is 20.8 Å². The summed E-state index contributed by atoms with van der Waals surface area (Å²) in [5.41, 5.74) is 0. The Kier molecular flexibility index (Phi) is 8.86. The molecule has 0 aromatic rings. The van der Waals surface area contributed by atoms with E-state index in [-0.39, 0.29) is 11.6 Å². The number of hydrogen-bond donors (Lipinski definition) is 1. The van der Waals surface area contributed by atoms with E-state index < -0.39 is 44.5 Å². The smallest absolute Gasteiger partial charge is 0.330 e. The van der Waals surface area contributed by atoms with E-state index in [1.807, 2.05) is 0 Å². The fourth-order valence-electron chi connectivity index (χ4n) is 2.67. The molecule has 0 aromatic carbocycles. The molecule has 8 heteroatoms. The lowest BCUT2D eigenvalue weighted by Gasteiger charge is -2.37. The van der Waals surface area contributed by atoms with Gasteiger partial charge in [0.15, 0.2) is 14.1 Å². The first-order valence-corrected chi connectivity index (χ1v) is 12.7. The molecule has 7 nitrogen and oxygen atoms in total. The second kappa shape index (κ2) is 9.82. The van der Waals surface area contributed by atoms with Gasteiger partial charge >= 0.3 is 5.97 Å². The monoisotopic (exact) mass is 418 g/mol. The first kappa shape index (κ1) is 25.3. The molecule has 1 heterocycles. The highest BCUT2D eigenvalue weighted by Crippen LogP contribution is 2.38. The zero-order chi connectivity index (χ0) is 21.8. The molecule has 0 bridgehead atoms. The standard InChI is InChI=1S/C20H38O7Si/c1-10-24-16(21)12-11-14(23-7)17(22)18-15(26-20(5,6)27-18)13-25-28(8,9)19(2,3)4/h11-12,14-15,17-18,22H,10,13H2,1-9H3/b12-11+/t14-,15-,17+,18+/m1/s1. The van der Waals surface area contributed by atoms with E-state index in [0.29, 0.717) is 6.61 Å². The molecule has 0 unspecified atom stereocenters. The van der Waals surface area contributed by atoms with Crippen molar-refractivity contribution in [2.24, 2.45) is 0 Å². The fourth-order valence-corrected chi connectivity index (χ4v) is 3.68. The Morgan fingerprint density at radius 2 is 1.89 bits per heavy atom. The molecule has 1 N–H and O–H groups in total. The second-order valence-electron chi connectivity index (χ2n) is 9.01. The number of carbonyl (C=O) groups excluding carboxylic acids is 1. The largest absolute Gasteiger partial charge is 0.463 e. The maximum atomic E-state index is 11.6. The van der Waals surface area contributed by atoms with Crippen LogP contribution in [0.5, 0.6) is 0 Å². The average Bonchev–Trinajstić information content (AvgIpc) is 2.87. The second-order valence-corrected chi connectivity index (χ2v) is 13.8. The van der Waals surface area contributed by atoms with Gasteiger partial charge in [-0.25, -0.2) is 4.79 Å². The van der Waals surface area contributed by atoms with Gasteiger partial charge in [-0.3, -0.25) is 0 Å². The number of methoxy groups -OCH3 is 1. The lowest BCUT2D eigenvalue weighted by molar-refractivity contribution is -0.162. The van der Waals surface area contributed by atoms with Crippen LogP contribution in [-0.2, 0) is 28.2 Å².